The summed E-state index contributed by atoms with van der Waals surface area (Å²) >= 11 is 0. The minimum atomic E-state index is -0.399. The molecule has 1 atom stereocenters. The Morgan fingerprint density at radius 2 is 0.627 bits per heavy atom. The van der Waals surface area contributed by atoms with Gasteiger partial charge in [-0.05, 0) is 25.7 Å². The summed E-state index contributed by atoms with van der Waals surface area (Å²) in [5.41, 5.74) is 0. The molecule has 0 unspecified atom stereocenters. The number of Topliss-reactive ketones (excluding diaryl/α,β-unsaturated/α-hetero) is 1. The fourth-order valence-corrected chi connectivity index (χ4v) is 7.48. The minimum Gasteiger partial charge on any atom is -0.391 e. The largest absolute Gasteiger partial charge is 0.391 e. The Balaban J connectivity index is 3.30. The van der Waals surface area contributed by atoms with Gasteiger partial charge in [0.1, 0.15) is 5.78 Å². The molecule has 0 aromatic carbocycles. The molecular weight excluding hydrogens is 627 g/mol. The second-order valence-electron chi connectivity index (χ2n) is 16.4. The summed E-state index contributed by atoms with van der Waals surface area (Å²) in [7, 11) is 0. The first-order valence-corrected chi connectivity index (χ1v) is 23.6. The van der Waals surface area contributed by atoms with Gasteiger partial charge in [-0.3, -0.25) is 9.59 Å². The zero-order chi connectivity index (χ0) is 37.1. The van der Waals surface area contributed by atoms with Crippen LogP contribution in [0.5, 0.6) is 0 Å². The maximum absolute atomic E-state index is 12.2. The number of nitrogens with one attached hydrogen (secondary N) is 1. The van der Waals surface area contributed by atoms with Crippen molar-refractivity contribution < 1.29 is 14.7 Å². The zero-order valence-electron chi connectivity index (χ0n) is 35.0. The van der Waals surface area contributed by atoms with Crippen LogP contribution in [-0.2, 0) is 9.59 Å². The lowest BCUT2D eigenvalue weighted by Crippen LogP contribution is -2.31. The van der Waals surface area contributed by atoms with Crippen LogP contribution < -0.4 is 5.32 Å². The van der Waals surface area contributed by atoms with Crippen LogP contribution in [0.15, 0.2) is 0 Å². The van der Waals surface area contributed by atoms with Gasteiger partial charge in [0.15, 0.2) is 0 Å². The maximum Gasteiger partial charge on any atom is 0.220 e. The first kappa shape index (κ1) is 50.1. The summed E-state index contributed by atoms with van der Waals surface area (Å²) in [6.45, 7) is 4.97. The summed E-state index contributed by atoms with van der Waals surface area (Å²) in [5.74, 6) is 0.597. The summed E-state index contributed by atoms with van der Waals surface area (Å²) in [6, 6.07) is 0. The van der Waals surface area contributed by atoms with Crippen LogP contribution in [0.25, 0.3) is 0 Å². The monoisotopic (exact) mass is 720 g/mol. The molecule has 0 spiro atoms. The molecule has 0 bridgehead atoms. The van der Waals surface area contributed by atoms with Crippen LogP contribution >= 0.6 is 0 Å². The summed E-state index contributed by atoms with van der Waals surface area (Å²) in [5, 5.41) is 13.2. The predicted molar refractivity (Wildman–Crippen MR) is 225 cm³/mol. The molecule has 1 amide bonds. The van der Waals surface area contributed by atoms with Gasteiger partial charge in [0.05, 0.1) is 6.10 Å². The summed E-state index contributed by atoms with van der Waals surface area (Å²) in [4.78, 5) is 24.3. The van der Waals surface area contributed by atoms with Crippen molar-refractivity contribution in [3.05, 3.63) is 0 Å². The maximum atomic E-state index is 12.2. The molecule has 0 aliphatic heterocycles. The zero-order valence-corrected chi connectivity index (χ0v) is 35.0. The number of amides is 1. The van der Waals surface area contributed by atoms with E-state index >= 15 is 0 Å². The molecule has 304 valence electrons. The van der Waals surface area contributed by atoms with Crippen LogP contribution in [0, 0.1) is 0 Å². The van der Waals surface area contributed by atoms with Gasteiger partial charge in [0.25, 0.3) is 0 Å². The van der Waals surface area contributed by atoms with E-state index in [9.17, 15) is 14.7 Å². The third kappa shape index (κ3) is 43.4. The Morgan fingerprint density at radius 1 is 0.373 bits per heavy atom. The van der Waals surface area contributed by atoms with Crippen molar-refractivity contribution in [1.29, 1.82) is 0 Å². The van der Waals surface area contributed by atoms with Gasteiger partial charge >= 0.3 is 0 Å². The standard InChI is InChI=1S/C47H93NO3/c1-3-5-7-9-11-13-15-16-17-22-26-30-34-38-42-46(50)44-48-47(51)43-39-35-31-27-23-19-18-21-25-29-33-37-41-45(49)40-36-32-28-24-20-14-12-10-8-6-4-2/h46,50H,3-44H2,1-2H3,(H,48,51)/t46-/m1/s1. The fourth-order valence-electron chi connectivity index (χ4n) is 7.48. The van der Waals surface area contributed by atoms with Gasteiger partial charge in [-0.25, -0.2) is 0 Å². The Kier molecular flexibility index (Phi) is 42.7. The van der Waals surface area contributed by atoms with Gasteiger partial charge in [-0.2, -0.15) is 0 Å². The molecule has 0 radical (unpaired) electrons. The molecular formula is C47H93NO3. The van der Waals surface area contributed by atoms with E-state index in [-0.39, 0.29) is 5.91 Å². The highest BCUT2D eigenvalue weighted by molar-refractivity contribution is 5.78. The van der Waals surface area contributed by atoms with Gasteiger partial charge in [0, 0.05) is 25.8 Å². The number of aliphatic hydroxyl groups is 1. The number of ketones is 1. The Bertz CT molecular complexity index is 695. The molecule has 0 aliphatic carbocycles. The third-order valence-electron chi connectivity index (χ3n) is 11.1. The lowest BCUT2D eigenvalue weighted by molar-refractivity contribution is -0.121. The Morgan fingerprint density at radius 3 is 0.941 bits per heavy atom. The van der Waals surface area contributed by atoms with Crippen molar-refractivity contribution in [3.8, 4) is 0 Å². The van der Waals surface area contributed by atoms with E-state index in [4.69, 9.17) is 0 Å². The molecule has 0 saturated heterocycles. The summed E-state index contributed by atoms with van der Waals surface area (Å²) in [6.07, 6.45) is 51.1. The molecule has 51 heavy (non-hydrogen) atoms. The third-order valence-corrected chi connectivity index (χ3v) is 11.1. The number of aliphatic hydroxyl groups excluding tert-OH is 1. The molecule has 4 nitrogen and oxygen atoms in total. The van der Waals surface area contributed by atoms with E-state index in [1.54, 1.807) is 0 Å². The lowest BCUT2D eigenvalue weighted by atomic mass is 10.0. The van der Waals surface area contributed by atoms with Gasteiger partial charge in [-0.15, -0.1) is 0 Å². The van der Waals surface area contributed by atoms with Crippen LogP contribution in [0.4, 0.5) is 0 Å². The molecule has 0 aromatic rings. The highest BCUT2D eigenvalue weighted by Crippen LogP contribution is 2.16. The molecule has 0 saturated carbocycles. The van der Waals surface area contributed by atoms with E-state index < -0.39 is 6.10 Å². The van der Waals surface area contributed by atoms with E-state index in [0.717, 1.165) is 51.4 Å². The molecule has 0 rings (SSSR count). The lowest BCUT2D eigenvalue weighted by Gasteiger charge is -2.12. The molecule has 4 heteroatoms. The topological polar surface area (TPSA) is 66.4 Å². The number of hydrogen-bond donors (Lipinski definition) is 2. The predicted octanol–water partition coefficient (Wildman–Crippen LogP) is 15.1. The number of carbonyl (C=O) groups is 2. The van der Waals surface area contributed by atoms with Crippen molar-refractivity contribution in [2.45, 2.75) is 283 Å². The van der Waals surface area contributed by atoms with Gasteiger partial charge in [0.2, 0.25) is 5.91 Å². The molecule has 2 N–H and O–H groups in total. The van der Waals surface area contributed by atoms with Crippen LogP contribution in [0.3, 0.4) is 0 Å². The van der Waals surface area contributed by atoms with Crippen LogP contribution in [-0.4, -0.2) is 29.4 Å². The van der Waals surface area contributed by atoms with Crippen molar-refractivity contribution in [2.24, 2.45) is 0 Å². The van der Waals surface area contributed by atoms with Gasteiger partial charge in [-0.1, -0.05) is 232 Å². The fraction of sp³-hybridized carbons (Fsp3) is 0.957. The highest BCUT2D eigenvalue weighted by Gasteiger charge is 2.07. The average Bonchev–Trinajstić information content (AvgIpc) is 3.13. The van der Waals surface area contributed by atoms with E-state index in [2.05, 4.69) is 19.2 Å². The molecule has 0 aliphatic rings. The number of hydrogen-bond acceptors (Lipinski definition) is 3. The smallest absolute Gasteiger partial charge is 0.220 e. The van der Waals surface area contributed by atoms with Crippen molar-refractivity contribution in [1.82, 2.24) is 5.32 Å². The number of unbranched alkanes of at least 4 members (excludes halogenated alkanes) is 34. The van der Waals surface area contributed by atoms with E-state index in [1.165, 1.54) is 205 Å². The summed E-state index contributed by atoms with van der Waals surface area (Å²) < 4.78 is 0. The highest BCUT2D eigenvalue weighted by atomic mass is 16.3. The Hall–Kier alpha value is -0.900. The van der Waals surface area contributed by atoms with Crippen LogP contribution in [0.1, 0.15) is 277 Å². The van der Waals surface area contributed by atoms with Crippen molar-refractivity contribution in [2.75, 3.05) is 6.54 Å². The quantitative estimate of drug-likeness (QED) is 0.0616. The molecule has 0 fully saturated rings. The van der Waals surface area contributed by atoms with Crippen molar-refractivity contribution in [3.63, 3.8) is 0 Å². The first-order chi connectivity index (χ1) is 25.1. The second-order valence-corrected chi connectivity index (χ2v) is 16.4. The van der Waals surface area contributed by atoms with E-state index in [0.29, 0.717) is 18.7 Å². The second kappa shape index (κ2) is 43.5. The normalized spacial score (nSPS) is 12.1. The average molecular weight is 720 g/mol. The first-order valence-electron chi connectivity index (χ1n) is 23.6. The van der Waals surface area contributed by atoms with E-state index in [1.807, 2.05) is 0 Å². The van der Waals surface area contributed by atoms with Gasteiger partial charge < -0.3 is 10.4 Å². The number of rotatable bonds is 44. The molecule has 0 aromatic heterocycles. The van der Waals surface area contributed by atoms with Crippen LogP contribution in [0.2, 0.25) is 0 Å². The Labute approximate surface area is 320 Å². The molecule has 0 heterocycles. The van der Waals surface area contributed by atoms with Crippen molar-refractivity contribution >= 4 is 11.7 Å². The minimum absolute atomic E-state index is 0.101. The SMILES string of the molecule is CCCCCCCCCCCCCCCC[C@@H](O)CNC(=O)CCCCCCCCCCCCCCC(=O)CCCCCCCCCCCCC. The number of carbonyl (C=O) groups excluding carboxylic acids is 2.